The molecule has 1 N–H and O–H groups in total. The standard InChI is InChI=1S/C5H9IO2/c1-5(2,8)4(7)3-6/h8H,3H2,1-2H3. The minimum Gasteiger partial charge on any atom is -0.383 e. The number of rotatable bonds is 2. The first-order valence-corrected chi connectivity index (χ1v) is 3.82. The fourth-order valence-electron chi connectivity index (χ4n) is 0.164. The van der Waals surface area contributed by atoms with Gasteiger partial charge in [0, 0.05) is 0 Å². The van der Waals surface area contributed by atoms with Crippen LogP contribution in [0.3, 0.4) is 0 Å². The van der Waals surface area contributed by atoms with Crippen LogP contribution >= 0.6 is 22.6 Å². The number of hydrogen-bond acceptors (Lipinski definition) is 2. The average Bonchev–Trinajstić information content (AvgIpc) is 1.62. The van der Waals surface area contributed by atoms with E-state index in [0.717, 1.165) is 0 Å². The molecule has 8 heavy (non-hydrogen) atoms. The number of carbonyl (C=O) groups is 1. The van der Waals surface area contributed by atoms with Gasteiger partial charge in [-0.2, -0.15) is 0 Å². The lowest BCUT2D eigenvalue weighted by atomic mass is 10.1. The molecule has 0 aromatic heterocycles. The normalized spacial score (nSPS) is 11.5. The fraction of sp³-hybridized carbons (Fsp3) is 0.800. The minimum absolute atomic E-state index is 0.127. The second-order valence-corrected chi connectivity index (χ2v) is 2.88. The van der Waals surface area contributed by atoms with E-state index in [1.54, 1.807) is 0 Å². The van der Waals surface area contributed by atoms with E-state index in [1.165, 1.54) is 13.8 Å². The lowest BCUT2D eigenvalue weighted by molar-refractivity contribution is -0.130. The Morgan fingerprint density at radius 1 is 1.75 bits per heavy atom. The Morgan fingerprint density at radius 2 is 2.12 bits per heavy atom. The van der Waals surface area contributed by atoms with Crippen LogP contribution in [0.15, 0.2) is 0 Å². The predicted octanol–water partition coefficient (Wildman–Crippen LogP) is 0.761. The van der Waals surface area contributed by atoms with Crippen molar-refractivity contribution in [2.45, 2.75) is 19.4 Å². The molecular formula is C5H9IO2. The van der Waals surface area contributed by atoms with Crippen LogP contribution in [0.1, 0.15) is 13.8 Å². The van der Waals surface area contributed by atoms with Crippen molar-refractivity contribution >= 4 is 28.4 Å². The Bertz CT molecular complexity index is 93.1. The summed E-state index contributed by atoms with van der Waals surface area (Å²) in [4.78, 5) is 10.6. The second-order valence-electron chi connectivity index (χ2n) is 2.12. The van der Waals surface area contributed by atoms with Gasteiger partial charge in [0.15, 0.2) is 5.78 Å². The molecule has 0 aromatic rings. The quantitative estimate of drug-likeness (QED) is 0.559. The first-order chi connectivity index (χ1) is 3.48. The highest BCUT2D eigenvalue weighted by Crippen LogP contribution is 2.03. The third kappa shape index (κ3) is 2.61. The average molecular weight is 228 g/mol. The third-order valence-electron chi connectivity index (χ3n) is 0.804. The Kier molecular flexibility index (Phi) is 2.90. The minimum atomic E-state index is -1.14. The molecule has 0 aliphatic carbocycles. The summed E-state index contributed by atoms with van der Waals surface area (Å²) < 4.78 is 0.376. The molecule has 3 heteroatoms. The molecule has 0 rings (SSSR count). The van der Waals surface area contributed by atoms with E-state index in [2.05, 4.69) is 0 Å². The number of halogens is 1. The molecule has 0 amide bonds. The first kappa shape index (κ1) is 8.36. The van der Waals surface area contributed by atoms with Gasteiger partial charge in [-0.15, -0.1) is 0 Å². The van der Waals surface area contributed by atoms with Crippen LogP contribution in [0.25, 0.3) is 0 Å². The van der Waals surface area contributed by atoms with Crippen molar-refractivity contribution in [1.82, 2.24) is 0 Å². The smallest absolute Gasteiger partial charge is 0.173 e. The molecule has 2 nitrogen and oxygen atoms in total. The van der Waals surface area contributed by atoms with Crippen LogP contribution < -0.4 is 0 Å². The van der Waals surface area contributed by atoms with Crippen LogP contribution in [-0.4, -0.2) is 20.9 Å². The zero-order chi connectivity index (χ0) is 6.78. The maximum atomic E-state index is 10.6. The Morgan fingerprint density at radius 3 is 2.12 bits per heavy atom. The SMILES string of the molecule is CC(C)(O)C(=O)CI. The van der Waals surface area contributed by atoms with Gasteiger partial charge in [-0.25, -0.2) is 0 Å². The summed E-state index contributed by atoms with van der Waals surface area (Å²) >= 11 is 1.93. The molecule has 0 fully saturated rings. The maximum Gasteiger partial charge on any atom is 0.173 e. The first-order valence-electron chi connectivity index (χ1n) is 2.30. The van der Waals surface area contributed by atoms with Gasteiger partial charge in [0.2, 0.25) is 0 Å². The second kappa shape index (κ2) is 2.77. The fourth-order valence-corrected chi connectivity index (χ4v) is 1.10. The molecule has 0 saturated heterocycles. The summed E-state index contributed by atoms with van der Waals surface area (Å²) in [5.41, 5.74) is -1.14. The summed E-state index contributed by atoms with van der Waals surface area (Å²) in [5, 5.41) is 8.93. The molecule has 0 atom stereocenters. The van der Waals surface area contributed by atoms with E-state index in [9.17, 15) is 4.79 Å². The van der Waals surface area contributed by atoms with Crippen molar-refractivity contribution < 1.29 is 9.90 Å². The van der Waals surface area contributed by atoms with Gasteiger partial charge in [0.05, 0.1) is 4.43 Å². The Labute approximate surface area is 62.4 Å². The van der Waals surface area contributed by atoms with Crippen molar-refractivity contribution in [3.63, 3.8) is 0 Å². The molecule has 0 heterocycles. The van der Waals surface area contributed by atoms with E-state index in [-0.39, 0.29) is 5.78 Å². The number of alkyl halides is 1. The van der Waals surface area contributed by atoms with Gasteiger partial charge in [-0.05, 0) is 13.8 Å². The summed E-state index contributed by atoms with van der Waals surface area (Å²) in [6, 6.07) is 0. The van der Waals surface area contributed by atoms with Crippen LogP contribution in [0.4, 0.5) is 0 Å². The van der Waals surface area contributed by atoms with Gasteiger partial charge < -0.3 is 5.11 Å². The Balaban J connectivity index is 3.82. The van der Waals surface area contributed by atoms with E-state index in [1.807, 2.05) is 22.6 Å². The largest absolute Gasteiger partial charge is 0.383 e. The summed E-state index contributed by atoms with van der Waals surface area (Å²) in [6.07, 6.45) is 0. The van der Waals surface area contributed by atoms with Gasteiger partial charge in [-0.1, -0.05) is 22.6 Å². The number of carbonyl (C=O) groups excluding carboxylic acids is 1. The van der Waals surface area contributed by atoms with Crippen LogP contribution in [0, 0.1) is 0 Å². The van der Waals surface area contributed by atoms with Crippen LogP contribution in [-0.2, 0) is 4.79 Å². The lowest BCUT2D eigenvalue weighted by Crippen LogP contribution is -2.31. The molecule has 0 aliphatic heterocycles. The van der Waals surface area contributed by atoms with Crippen LogP contribution in [0.2, 0.25) is 0 Å². The van der Waals surface area contributed by atoms with E-state index in [4.69, 9.17) is 5.11 Å². The zero-order valence-corrected chi connectivity index (χ0v) is 7.10. The highest BCUT2D eigenvalue weighted by atomic mass is 127. The van der Waals surface area contributed by atoms with Crippen LogP contribution in [0.5, 0.6) is 0 Å². The van der Waals surface area contributed by atoms with Crippen molar-refractivity contribution in [3.05, 3.63) is 0 Å². The summed E-state index contributed by atoms with van der Waals surface area (Å²) in [6.45, 7) is 2.99. The molecule has 48 valence electrons. The molecule has 0 aromatic carbocycles. The van der Waals surface area contributed by atoms with E-state index in [0.29, 0.717) is 4.43 Å². The van der Waals surface area contributed by atoms with Gasteiger partial charge in [0.1, 0.15) is 5.60 Å². The number of Topliss-reactive ketones (excluding diaryl/α,β-unsaturated/α-hetero) is 1. The molecule has 0 radical (unpaired) electrons. The van der Waals surface area contributed by atoms with Gasteiger partial charge >= 0.3 is 0 Å². The number of aliphatic hydroxyl groups is 1. The maximum absolute atomic E-state index is 10.6. The topological polar surface area (TPSA) is 37.3 Å². The predicted molar refractivity (Wildman–Crippen MR) is 40.2 cm³/mol. The van der Waals surface area contributed by atoms with Crippen molar-refractivity contribution in [2.75, 3.05) is 4.43 Å². The highest BCUT2D eigenvalue weighted by Gasteiger charge is 2.21. The lowest BCUT2D eigenvalue weighted by Gasteiger charge is -2.12. The van der Waals surface area contributed by atoms with Crippen molar-refractivity contribution in [3.8, 4) is 0 Å². The summed E-state index contributed by atoms with van der Waals surface area (Å²) in [7, 11) is 0. The third-order valence-corrected chi connectivity index (χ3v) is 1.50. The molecule has 0 aliphatic rings. The molecule has 0 bridgehead atoms. The van der Waals surface area contributed by atoms with Gasteiger partial charge in [-0.3, -0.25) is 4.79 Å². The van der Waals surface area contributed by atoms with Crippen molar-refractivity contribution in [2.24, 2.45) is 0 Å². The molecule has 0 unspecified atom stereocenters. The highest BCUT2D eigenvalue weighted by molar-refractivity contribution is 14.1. The zero-order valence-electron chi connectivity index (χ0n) is 4.94. The van der Waals surface area contributed by atoms with E-state index < -0.39 is 5.60 Å². The molecular weight excluding hydrogens is 219 g/mol. The monoisotopic (exact) mass is 228 g/mol. The Hall–Kier alpha value is 0.360. The number of hydrogen-bond donors (Lipinski definition) is 1. The van der Waals surface area contributed by atoms with Gasteiger partial charge in [0.25, 0.3) is 0 Å². The molecule has 0 spiro atoms. The number of ketones is 1. The van der Waals surface area contributed by atoms with Crippen molar-refractivity contribution in [1.29, 1.82) is 0 Å². The van der Waals surface area contributed by atoms with E-state index >= 15 is 0 Å². The summed E-state index contributed by atoms with van der Waals surface area (Å²) in [5.74, 6) is -0.127. The molecule has 0 saturated carbocycles.